The predicted octanol–water partition coefficient (Wildman–Crippen LogP) is 1.74. The third-order valence-corrected chi connectivity index (χ3v) is 3.63. The van der Waals surface area contributed by atoms with E-state index in [1.165, 1.54) is 23.5 Å². The molecule has 0 aromatic heterocycles. The van der Waals surface area contributed by atoms with Crippen molar-refractivity contribution in [2.45, 2.75) is 39.2 Å². The van der Waals surface area contributed by atoms with Gasteiger partial charge < -0.3 is 0 Å². The van der Waals surface area contributed by atoms with Crippen LogP contribution in [0.15, 0.2) is 12.2 Å². The van der Waals surface area contributed by atoms with Gasteiger partial charge in [0.2, 0.25) is 0 Å². The van der Waals surface area contributed by atoms with Crippen LogP contribution in [-0.2, 0) is 9.59 Å². The molecular formula is C12H17NO2. The van der Waals surface area contributed by atoms with E-state index in [-0.39, 0.29) is 17.9 Å². The first-order valence-electron chi connectivity index (χ1n) is 5.66. The zero-order valence-electron chi connectivity index (χ0n) is 9.27. The largest absolute Gasteiger partial charge is 0.272 e. The van der Waals surface area contributed by atoms with E-state index in [9.17, 15) is 9.59 Å². The maximum atomic E-state index is 11.6. The molecule has 0 saturated heterocycles. The Morgan fingerprint density at radius 1 is 1.07 bits per heavy atom. The van der Waals surface area contributed by atoms with Gasteiger partial charge in [-0.05, 0) is 24.7 Å². The highest BCUT2D eigenvalue weighted by atomic mass is 16.2. The van der Waals surface area contributed by atoms with E-state index in [4.69, 9.17) is 0 Å². The van der Waals surface area contributed by atoms with Gasteiger partial charge in [-0.1, -0.05) is 20.3 Å². The average Bonchev–Trinajstić information content (AvgIpc) is 2.49. The fraction of sp³-hybridized carbons (Fsp3) is 0.667. The van der Waals surface area contributed by atoms with Crippen molar-refractivity contribution in [1.29, 1.82) is 0 Å². The number of rotatable bonds is 1. The van der Waals surface area contributed by atoms with Crippen LogP contribution in [0.3, 0.4) is 0 Å². The fourth-order valence-electron chi connectivity index (χ4n) is 2.88. The first-order chi connectivity index (χ1) is 7.11. The maximum Gasteiger partial charge on any atom is 0.253 e. The number of imide groups is 1. The van der Waals surface area contributed by atoms with Gasteiger partial charge in [0.1, 0.15) is 0 Å². The molecule has 0 N–H and O–H groups in total. The molecule has 0 aromatic carbocycles. The van der Waals surface area contributed by atoms with Gasteiger partial charge in [0, 0.05) is 18.2 Å². The molecule has 2 atom stereocenters. The monoisotopic (exact) mass is 207 g/mol. The summed E-state index contributed by atoms with van der Waals surface area (Å²) >= 11 is 0. The van der Waals surface area contributed by atoms with E-state index in [1.54, 1.807) is 0 Å². The second-order valence-electron chi connectivity index (χ2n) is 4.76. The van der Waals surface area contributed by atoms with E-state index < -0.39 is 0 Å². The van der Waals surface area contributed by atoms with E-state index in [1.807, 2.05) is 0 Å². The van der Waals surface area contributed by atoms with Gasteiger partial charge >= 0.3 is 0 Å². The summed E-state index contributed by atoms with van der Waals surface area (Å²) in [5, 5.41) is 0. The SMILES string of the molecule is CC1CCCC(C)C1N1C(=O)C=CC1=O. The van der Waals surface area contributed by atoms with Crippen LogP contribution >= 0.6 is 0 Å². The molecule has 1 fully saturated rings. The van der Waals surface area contributed by atoms with Crippen molar-refractivity contribution in [3.63, 3.8) is 0 Å². The number of amides is 2. The summed E-state index contributed by atoms with van der Waals surface area (Å²) < 4.78 is 0. The van der Waals surface area contributed by atoms with Gasteiger partial charge in [-0.15, -0.1) is 0 Å². The van der Waals surface area contributed by atoms with Crippen molar-refractivity contribution >= 4 is 11.8 Å². The first kappa shape index (κ1) is 10.4. The lowest BCUT2D eigenvalue weighted by Gasteiger charge is -2.39. The quantitative estimate of drug-likeness (QED) is 0.614. The third kappa shape index (κ3) is 1.71. The minimum atomic E-state index is -0.134. The minimum absolute atomic E-state index is 0.105. The van der Waals surface area contributed by atoms with E-state index in [0.29, 0.717) is 11.8 Å². The highest BCUT2D eigenvalue weighted by Crippen LogP contribution is 2.33. The van der Waals surface area contributed by atoms with Crippen LogP contribution in [0, 0.1) is 11.8 Å². The molecule has 3 heteroatoms. The number of carbonyl (C=O) groups excluding carboxylic acids is 2. The van der Waals surface area contributed by atoms with Crippen molar-refractivity contribution in [2.24, 2.45) is 11.8 Å². The van der Waals surface area contributed by atoms with Gasteiger partial charge in [0.05, 0.1) is 0 Å². The standard InChI is InChI=1S/C12H17NO2/c1-8-4-3-5-9(2)12(8)13-10(14)6-7-11(13)15/h6-9,12H,3-5H2,1-2H3. The van der Waals surface area contributed by atoms with Gasteiger partial charge in [0.25, 0.3) is 11.8 Å². The number of carbonyl (C=O) groups is 2. The highest BCUT2D eigenvalue weighted by Gasteiger charge is 2.39. The van der Waals surface area contributed by atoms with E-state index in [0.717, 1.165) is 12.8 Å². The van der Waals surface area contributed by atoms with Crippen LogP contribution in [0.2, 0.25) is 0 Å². The normalized spacial score (nSPS) is 36.4. The molecule has 2 unspecified atom stereocenters. The molecule has 3 nitrogen and oxygen atoms in total. The van der Waals surface area contributed by atoms with Crippen molar-refractivity contribution in [2.75, 3.05) is 0 Å². The van der Waals surface area contributed by atoms with Crippen molar-refractivity contribution in [3.05, 3.63) is 12.2 Å². The average molecular weight is 207 g/mol. The molecule has 1 saturated carbocycles. The summed E-state index contributed by atoms with van der Waals surface area (Å²) in [6, 6.07) is 0.105. The number of nitrogens with zero attached hydrogens (tertiary/aromatic N) is 1. The summed E-state index contributed by atoms with van der Waals surface area (Å²) in [4.78, 5) is 24.6. The Morgan fingerprint density at radius 2 is 1.53 bits per heavy atom. The van der Waals surface area contributed by atoms with Crippen molar-refractivity contribution < 1.29 is 9.59 Å². The lowest BCUT2D eigenvalue weighted by molar-refractivity contribution is -0.143. The maximum absolute atomic E-state index is 11.6. The topological polar surface area (TPSA) is 37.4 Å². The summed E-state index contributed by atoms with van der Waals surface area (Å²) in [7, 11) is 0. The van der Waals surface area contributed by atoms with Crippen molar-refractivity contribution in [1.82, 2.24) is 4.90 Å². The van der Waals surface area contributed by atoms with E-state index in [2.05, 4.69) is 13.8 Å². The fourth-order valence-corrected chi connectivity index (χ4v) is 2.88. The molecule has 0 spiro atoms. The zero-order chi connectivity index (χ0) is 11.0. The Bertz CT molecular complexity index is 294. The Balaban J connectivity index is 2.21. The molecule has 2 aliphatic rings. The van der Waals surface area contributed by atoms with E-state index >= 15 is 0 Å². The molecule has 1 heterocycles. The summed E-state index contributed by atoms with van der Waals surface area (Å²) in [5.74, 6) is 0.597. The van der Waals surface area contributed by atoms with Gasteiger partial charge in [-0.3, -0.25) is 14.5 Å². The zero-order valence-corrected chi connectivity index (χ0v) is 9.27. The molecule has 82 valence electrons. The summed E-state index contributed by atoms with van der Waals surface area (Å²) in [6.45, 7) is 4.28. The molecule has 1 aliphatic carbocycles. The molecule has 1 aliphatic heterocycles. The Morgan fingerprint density at radius 3 is 2.00 bits per heavy atom. The minimum Gasteiger partial charge on any atom is -0.272 e. The molecule has 15 heavy (non-hydrogen) atoms. The molecule has 0 bridgehead atoms. The molecule has 0 aromatic rings. The van der Waals surface area contributed by atoms with Gasteiger partial charge in [-0.2, -0.15) is 0 Å². The van der Waals surface area contributed by atoms with Crippen LogP contribution in [0.5, 0.6) is 0 Å². The predicted molar refractivity (Wildman–Crippen MR) is 57.0 cm³/mol. The molecule has 2 amide bonds. The smallest absolute Gasteiger partial charge is 0.253 e. The second-order valence-corrected chi connectivity index (χ2v) is 4.76. The molecular weight excluding hydrogens is 190 g/mol. The van der Waals surface area contributed by atoms with Crippen LogP contribution in [0.4, 0.5) is 0 Å². The molecule has 2 rings (SSSR count). The van der Waals surface area contributed by atoms with Crippen molar-refractivity contribution in [3.8, 4) is 0 Å². The summed E-state index contributed by atoms with van der Waals surface area (Å²) in [5.41, 5.74) is 0. The van der Waals surface area contributed by atoms with Crippen LogP contribution < -0.4 is 0 Å². The Labute approximate surface area is 90.1 Å². The number of hydrogen-bond acceptors (Lipinski definition) is 2. The van der Waals surface area contributed by atoms with Gasteiger partial charge in [0.15, 0.2) is 0 Å². The van der Waals surface area contributed by atoms with Gasteiger partial charge in [-0.25, -0.2) is 0 Å². The van der Waals surface area contributed by atoms with Crippen LogP contribution in [-0.4, -0.2) is 22.8 Å². The number of hydrogen-bond donors (Lipinski definition) is 0. The lowest BCUT2D eigenvalue weighted by Crippen LogP contribution is -2.49. The highest BCUT2D eigenvalue weighted by molar-refractivity contribution is 6.13. The van der Waals surface area contributed by atoms with Crippen LogP contribution in [0.25, 0.3) is 0 Å². The molecule has 0 radical (unpaired) electrons. The lowest BCUT2D eigenvalue weighted by atomic mass is 9.78. The first-order valence-corrected chi connectivity index (χ1v) is 5.66. The Kier molecular flexibility index (Phi) is 2.63. The third-order valence-electron chi connectivity index (χ3n) is 3.63. The second kappa shape index (κ2) is 3.80. The Hall–Kier alpha value is -1.12. The summed E-state index contributed by atoms with van der Waals surface area (Å²) in [6.07, 6.45) is 6.22. The van der Waals surface area contributed by atoms with Crippen LogP contribution in [0.1, 0.15) is 33.1 Å².